The fourth-order valence-corrected chi connectivity index (χ4v) is 1.49. The van der Waals surface area contributed by atoms with Crippen molar-refractivity contribution >= 4 is 5.97 Å². The molecule has 0 aliphatic carbocycles. The first-order valence-corrected chi connectivity index (χ1v) is 4.19. The Bertz CT molecular complexity index is 205. The lowest BCUT2D eigenvalue weighted by Crippen LogP contribution is -2.54. The van der Waals surface area contributed by atoms with Gasteiger partial charge in [0.1, 0.15) is 6.10 Å². The fourth-order valence-electron chi connectivity index (χ4n) is 1.49. The number of aliphatic carboxylic acids is 1. The summed E-state index contributed by atoms with van der Waals surface area (Å²) in [5, 5.41) is 27.5. The van der Waals surface area contributed by atoms with Gasteiger partial charge in [-0.25, -0.2) is 4.79 Å². The van der Waals surface area contributed by atoms with E-state index in [1.165, 1.54) is 6.92 Å². The molecule has 1 fully saturated rings. The Morgan fingerprint density at radius 2 is 1.77 bits per heavy atom. The molecule has 0 aromatic heterocycles. The van der Waals surface area contributed by atoms with Crippen molar-refractivity contribution in [2.24, 2.45) is 5.92 Å². The number of rotatable bonds is 1. The van der Waals surface area contributed by atoms with Gasteiger partial charge in [0, 0.05) is 5.92 Å². The molecule has 5 heteroatoms. The molecule has 5 nitrogen and oxygen atoms in total. The summed E-state index contributed by atoms with van der Waals surface area (Å²) in [6, 6.07) is 0. The van der Waals surface area contributed by atoms with Crippen LogP contribution in [0.1, 0.15) is 13.8 Å². The first-order chi connectivity index (χ1) is 5.95. The number of hydrogen-bond donors (Lipinski definition) is 3. The van der Waals surface area contributed by atoms with Crippen LogP contribution in [0.25, 0.3) is 0 Å². The minimum Gasteiger partial charge on any atom is -0.479 e. The molecular formula is C8H14O5. The predicted molar refractivity (Wildman–Crippen MR) is 43.1 cm³/mol. The van der Waals surface area contributed by atoms with E-state index in [9.17, 15) is 15.0 Å². The van der Waals surface area contributed by atoms with Crippen LogP contribution in [-0.4, -0.2) is 45.7 Å². The normalized spacial score (nSPS) is 46.0. The minimum atomic E-state index is -1.11. The standard InChI is InChI=1S/C8H14O5/c1-3-5(9)6(10)4(2)13-7(3)8(11)12/h3-7,9-10H,1-2H3,(H,11,12)/t3-,4-,5+,6?,7?/m0/s1. The molecule has 0 saturated carbocycles. The van der Waals surface area contributed by atoms with Gasteiger partial charge < -0.3 is 20.1 Å². The van der Waals surface area contributed by atoms with E-state index in [0.29, 0.717) is 0 Å². The lowest BCUT2D eigenvalue weighted by Gasteiger charge is -2.38. The summed E-state index contributed by atoms with van der Waals surface area (Å²) < 4.78 is 5.03. The van der Waals surface area contributed by atoms with Crippen molar-refractivity contribution in [3.63, 3.8) is 0 Å². The van der Waals surface area contributed by atoms with Crippen LogP contribution >= 0.6 is 0 Å². The predicted octanol–water partition coefficient (Wildman–Crippen LogP) is -0.784. The monoisotopic (exact) mass is 190 g/mol. The maximum atomic E-state index is 10.6. The van der Waals surface area contributed by atoms with Crippen LogP contribution in [0.3, 0.4) is 0 Å². The average Bonchev–Trinajstić information content (AvgIpc) is 2.07. The van der Waals surface area contributed by atoms with Gasteiger partial charge in [0.15, 0.2) is 6.10 Å². The topological polar surface area (TPSA) is 87.0 Å². The lowest BCUT2D eigenvalue weighted by molar-refractivity contribution is -0.204. The van der Waals surface area contributed by atoms with E-state index in [4.69, 9.17) is 9.84 Å². The van der Waals surface area contributed by atoms with Crippen LogP contribution in [0, 0.1) is 5.92 Å². The maximum absolute atomic E-state index is 10.6. The number of carboxylic acids is 1. The van der Waals surface area contributed by atoms with Crippen LogP contribution in [0.4, 0.5) is 0 Å². The SMILES string of the molecule is C[C@@H]1OC(C(=O)O)[C@@H](C)[C@@H](O)C1O. The third-order valence-electron chi connectivity index (χ3n) is 2.45. The van der Waals surface area contributed by atoms with E-state index in [2.05, 4.69) is 0 Å². The summed E-state index contributed by atoms with van der Waals surface area (Å²) in [7, 11) is 0. The summed E-state index contributed by atoms with van der Waals surface area (Å²) in [5.41, 5.74) is 0. The number of aliphatic hydroxyl groups is 2. The van der Waals surface area contributed by atoms with Crippen LogP contribution in [0.2, 0.25) is 0 Å². The Morgan fingerprint density at radius 1 is 1.23 bits per heavy atom. The summed E-state index contributed by atoms with van der Waals surface area (Å²) in [6.07, 6.45) is -3.73. The third kappa shape index (κ3) is 1.82. The molecule has 0 bridgehead atoms. The van der Waals surface area contributed by atoms with Crippen LogP contribution in [0.15, 0.2) is 0 Å². The van der Waals surface area contributed by atoms with Gasteiger partial charge in [-0.1, -0.05) is 6.92 Å². The molecule has 1 saturated heterocycles. The summed E-state index contributed by atoms with van der Waals surface area (Å²) >= 11 is 0. The van der Waals surface area contributed by atoms with Gasteiger partial charge in [-0.2, -0.15) is 0 Å². The van der Waals surface area contributed by atoms with Crippen LogP contribution in [-0.2, 0) is 9.53 Å². The van der Waals surface area contributed by atoms with Gasteiger partial charge in [0.05, 0.1) is 12.2 Å². The highest BCUT2D eigenvalue weighted by atomic mass is 16.5. The van der Waals surface area contributed by atoms with Crippen molar-refractivity contribution in [1.82, 2.24) is 0 Å². The third-order valence-corrected chi connectivity index (χ3v) is 2.45. The second-order valence-corrected chi connectivity index (χ2v) is 3.44. The largest absolute Gasteiger partial charge is 0.479 e. The van der Waals surface area contributed by atoms with E-state index in [1.54, 1.807) is 6.92 Å². The molecule has 0 aromatic carbocycles. The van der Waals surface area contributed by atoms with Gasteiger partial charge in [0.25, 0.3) is 0 Å². The van der Waals surface area contributed by atoms with E-state index in [0.717, 1.165) is 0 Å². The molecule has 1 rings (SSSR count). The lowest BCUT2D eigenvalue weighted by atomic mass is 9.88. The van der Waals surface area contributed by atoms with Gasteiger partial charge in [-0.15, -0.1) is 0 Å². The van der Waals surface area contributed by atoms with Gasteiger partial charge in [0.2, 0.25) is 0 Å². The van der Waals surface area contributed by atoms with Gasteiger partial charge >= 0.3 is 5.97 Å². The zero-order chi connectivity index (χ0) is 10.2. The molecule has 13 heavy (non-hydrogen) atoms. The average molecular weight is 190 g/mol. The van der Waals surface area contributed by atoms with Crippen molar-refractivity contribution < 1.29 is 24.9 Å². The molecule has 5 atom stereocenters. The quantitative estimate of drug-likeness (QED) is 0.504. The molecule has 0 radical (unpaired) electrons. The van der Waals surface area contributed by atoms with E-state index in [1.807, 2.05) is 0 Å². The molecule has 1 aliphatic rings. The second kappa shape index (κ2) is 3.61. The van der Waals surface area contributed by atoms with Crippen molar-refractivity contribution in [3.05, 3.63) is 0 Å². The van der Waals surface area contributed by atoms with Crippen LogP contribution in [0.5, 0.6) is 0 Å². The fraction of sp³-hybridized carbons (Fsp3) is 0.875. The molecule has 1 aliphatic heterocycles. The van der Waals surface area contributed by atoms with Crippen molar-refractivity contribution in [2.45, 2.75) is 38.3 Å². The molecule has 0 aromatic rings. The number of aliphatic hydroxyl groups excluding tert-OH is 2. The highest BCUT2D eigenvalue weighted by Gasteiger charge is 2.43. The van der Waals surface area contributed by atoms with Crippen molar-refractivity contribution in [2.75, 3.05) is 0 Å². The molecule has 2 unspecified atom stereocenters. The zero-order valence-electron chi connectivity index (χ0n) is 7.54. The Labute approximate surface area is 75.9 Å². The summed E-state index contributed by atoms with van der Waals surface area (Å²) in [4.78, 5) is 10.6. The number of hydrogen-bond acceptors (Lipinski definition) is 4. The highest BCUT2D eigenvalue weighted by molar-refractivity contribution is 5.73. The Balaban J connectivity index is 2.76. The highest BCUT2D eigenvalue weighted by Crippen LogP contribution is 2.25. The van der Waals surface area contributed by atoms with E-state index in [-0.39, 0.29) is 0 Å². The Hall–Kier alpha value is -0.650. The molecule has 0 spiro atoms. The first kappa shape index (κ1) is 10.4. The van der Waals surface area contributed by atoms with Crippen molar-refractivity contribution in [1.29, 1.82) is 0 Å². The zero-order valence-corrected chi connectivity index (χ0v) is 7.54. The number of ether oxygens (including phenoxy) is 1. The number of carboxylic acid groups (broad SMARTS) is 1. The molecule has 3 N–H and O–H groups in total. The van der Waals surface area contributed by atoms with Gasteiger partial charge in [-0.3, -0.25) is 0 Å². The number of carbonyl (C=O) groups is 1. The molecular weight excluding hydrogens is 176 g/mol. The second-order valence-electron chi connectivity index (χ2n) is 3.44. The summed E-state index contributed by atoms with van der Waals surface area (Å²) in [5.74, 6) is -1.70. The molecule has 0 amide bonds. The molecule has 76 valence electrons. The van der Waals surface area contributed by atoms with Crippen LogP contribution < -0.4 is 0 Å². The van der Waals surface area contributed by atoms with E-state index < -0.39 is 36.3 Å². The van der Waals surface area contributed by atoms with Gasteiger partial charge in [-0.05, 0) is 6.92 Å². The summed E-state index contributed by atoms with van der Waals surface area (Å²) in [6.45, 7) is 3.08. The minimum absolute atomic E-state index is 0.594. The van der Waals surface area contributed by atoms with Crippen molar-refractivity contribution in [3.8, 4) is 0 Å². The maximum Gasteiger partial charge on any atom is 0.333 e. The smallest absolute Gasteiger partial charge is 0.333 e. The Morgan fingerprint density at radius 3 is 2.23 bits per heavy atom. The molecule has 1 heterocycles. The first-order valence-electron chi connectivity index (χ1n) is 4.19. The van der Waals surface area contributed by atoms with E-state index >= 15 is 0 Å². The Kier molecular flexibility index (Phi) is 2.90.